The topological polar surface area (TPSA) is 98.1 Å². The summed E-state index contributed by atoms with van der Waals surface area (Å²) in [5.74, 6) is -1.34. The van der Waals surface area contributed by atoms with Crippen LogP contribution in [0.3, 0.4) is 0 Å². The van der Waals surface area contributed by atoms with Crippen molar-refractivity contribution < 1.29 is 9.53 Å². The Morgan fingerprint density at radius 2 is 1.94 bits per heavy atom. The highest BCUT2D eigenvalue weighted by Gasteiger charge is 2.36. The maximum absolute atomic E-state index is 13.3. The van der Waals surface area contributed by atoms with Gasteiger partial charge in [-0.2, -0.15) is 5.26 Å². The number of rotatable bonds is 4. The summed E-state index contributed by atoms with van der Waals surface area (Å²) in [7, 11) is 0. The van der Waals surface area contributed by atoms with Gasteiger partial charge in [0.2, 0.25) is 0 Å². The summed E-state index contributed by atoms with van der Waals surface area (Å²) in [5, 5.41) is 9.99. The largest absolute Gasteiger partial charge is 0.463 e. The third kappa shape index (κ3) is 4.34. The number of benzene rings is 2. The highest BCUT2D eigenvalue weighted by Crippen LogP contribution is 2.37. The van der Waals surface area contributed by atoms with Crippen LogP contribution in [-0.2, 0) is 9.53 Å². The number of allylic oxidation sites excluding steroid dienone is 1. The highest BCUT2D eigenvalue weighted by atomic mass is 79.9. The standard InChI is InChI=1S/C24H17Br2N3O3S/c1-2-32-24(31)20-19(14-6-4-8-16(26)11-14)17(12-27)21(28)29-22(30)18(33-23(20)29)10-13-5-3-7-15(25)9-13/h3-11,19H,2,28H2,1H3/b18-10+. The molecule has 0 saturated heterocycles. The molecule has 166 valence electrons. The van der Waals surface area contributed by atoms with Gasteiger partial charge in [0.1, 0.15) is 10.5 Å². The fraction of sp³-hybridized carbons (Fsp3) is 0.125. The van der Waals surface area contributed by atoms with E-state index >= 15 is 0 Å². The number of nitrogens with two attached hydrogens (primary N) is 1. The molecular formula is C24H17Br2N3O3S. The Morgan fingerprint density at radius 1 is 1.24 bits per heavy atom. The van der Waals surface area contributed by atoms with Crippen LogP contribution < -0.4 is 20.5 Å². The first kappa shape index (κ1) is 23.2. The lowest BCUT2D eigenvalue weighted by Gasteiger charge is -2.24. The van der Waals surface area contributed by atoms with E-state index in [4.69, 9.17) is 10.5 Å². The molecular weight excluding hydrogens is 570 g/mol. The Labute approximate surface area is 210 Å². The van der Waals surface area contributed by atoms with E-state index in [1.165, 1.54) is 4.57 Å². The summed E-state index contributed by atoms with van der Waals surface area (Å²) in [5.41, 5.74) is 7.81. The van der Waals surface area contributed by atoms with Crippen LogP contribution in [0.15, 0.2) is 67.8 Å². The number of carbonyl (C=O) groups excluding carboxylic acids is 1. The molecule has 0 spiro atoms. The molecule has 0 radical (unpaired) electrons. The molecule has 3 aromatic rings. The number of ether oxygens (including phenoxy) is 1. The van der Waals surface area contributed by atoms with E-state index in [2.05, 4.69) is 37.9 Å². The van der Waals surface area contributed by atoms with Gasteiger partial charge < -0.3 is 10.5 Å². The average molecular weight is 587 g/mol. The van der Waals surface area contributed by atoms with E-state index in [9.17, 15) is 14.9 Å². The van der Waals surface area contributed by atoms with E-state index in [1.807, 2.05) is 48.5 Å². The monoisotopic (exact) mass is 585 g/mol. The Hall–Kier alpha value is -2.93. The van der Waals surface area contributed by atoms with E-state index in [0.29, 0.717) is 14.8 Å². The van der Waals surface area contributed by atoms with Gasteiger partial charge in [-0.3, -0.25) is 9.36 Å². The van der Waals surface area contributed by atoms with Crippen molar-refractivity contribution in [3.05, 3.63) is 93.7 Å². The SMILES string of the molecule is CCOC(=O)C1=c2s/c(=C/c3cccc(Br)c3)c(=O)n2C(N)=C(C#N)C1c1cccc(Br)c1. The van der Waals surface area contributed by atoms with E-state index in [1.54, 1.807) is 13.0 Å². The smallest absolute Gasteiger partial charge is 0.338 e. The van der Waals surface area contributed by atoms with Crippen LogP contribution in [0.4, 0.5) is 0 Å². The Kier molecular flexibility index (Phi) is 6.70. The first-order chi connectivity index (χ1) is 15.8. The van der Waals surface area contributed by atoms with Gasteiger partial charge in [-0.25, -0.2) is 4.79 Å². The second-order valence-corrected chi connectivity index (χ2v) is 10.0. The fourth-order valence-electron chi connectivity index (χ4n) is 3.72. The quantitative estimate of drug-likeness (QED) is 0.472. The number of aromatic nitrogens is 1. The van der Waals surface area contributed by atoms with E-state index in [0.717, 1.165) is 25.8 Å². The van der Waals surface area contributed by atoms with Gasteiger partial charge >= 0.3 is 5.97 Å². The van der Waals surface area contributed by atoms with Gasteiger partial charge in [0.25, 0.3) is 5.56 Å². The van der Waals surface area contributed by atoms with Crippen LogP contribution in [0, 0.1) is 11.3 Å². The van der Waals surface area contributed by atoms with Gasteiger partial charge in [0.15, 0.2) is 0 Å². The number of thiazole rings is 1. The van der Waals surface area contributed by atoms with Gasteiger partial charge in [-0.15, -0.1) is 11.3 Å². The Morgan fingerprint density at radius 3 is 2.58 bits per heavy atom. The molecule has 2 heterocycles. The lowest BCUT2D eigenvalue weighted by molar-refractivity contribution is -0.136. The molecule has 33 heavy (non-hydrogen) atoms. The van der Waals surface area contributed by atoms with Gasteiger partial charge in [0, 0.05) is 8.95 Å². The van der Waals surface area contributed by atoms with Gasteiger partial charge in [0.05, 0.1) is 34.3 Å². The normalized spacial score (nSPS) is 15.9. The molecule has 0 amide bonds. The molecule has 1 aliphatic heterocycles. The van der Waals surface area contributed by atoms with Crippen LogP contribution in [-0.4, -0.2) is 17.1 Å². The Bertz CT molecular complexity index is 1530. The van der Waals surface area contributed by atoms with Crippen LogP contribution in [0.5, 0.6) is 0 Å². The van der Waals surface area contributed by atoms with Gasteiger partial charge in [-0.05, 0) is 48.4 Å². The summed E-state index contributed by atoms with van der Waals surface area (Å²) in [6.45, 7) is 1.86. The maximum Gasteiger partial charge on any atom is 0.338 e. The van der Waals surface area contributed by atoms with Crippen molar-refractivity contribution in [2.75, 3.05) is 6.61 Å². The summed E-state index contributed by atoms with van der Waals surface area (Å²) in [6, 6.07) is 16.9. The molecule has 0 bridgehead atoms. The molecule has 6 nitrogen and oxygen atoms in total. The van der Waals surface area contributed by atoms with Crippen LogP contribution >= 0.6 is 43.2 Å². The molecule has 9 heteroatoms. The predicted octanol–water partition coefficient (Wildman–Crippen LogP) is 3.43. The zero-order chi connectivity index (χ0) is 23.7. The lowest BCUT2D eigenvalue weighted by atomic mass is 9.84. The minimum absolute atomic E-state index is 0.0145. The van der Waals surface area contributed by atoms with Crippen LogP contribution in [0.1, 0.15) is 24.0 Å². The molecule has 4 rings (SSSR count). The van der Waals surface area contributed by atoms with Crippen molar-refractivity contribution in [1.29, 1.82) is 5.26 Å². The van der Waals surface area contributed by atoms with E-state index in [-0.39, 0.29) is 23.6 Å². The molecule has 0 saturated carbocycles. The number of carbonyl (C=O) groups is 1. The Balaban J connectivity index is 2.10. The minimum Gasteiger partial charge on any atom is -0.463 e. The molecule has 0 aliphatic carbocycles. The van der Waals surface area contributed by atoms with Crippen molar-refractivity contribution in [3.63, 3.8) is 0 Å². The number of halogens is 2. The number of nitriles is 1. The van der Waals surface area contributed by atoms with Crippen molar-refractivity contribution in [3.8, 4) is 6.07 Å². The first-order valence-corrected chi connectivity index (χ1v) is 12.3. The zero-order valence-electron chi connectivity index (χ0n) is 17.3. The van der Waals surface area contributed by atoms with Crippen molar-refractivity contribution in [2.24, 2.45) is 5.73 Å². The second kappa shape index (κ2) is 9.51. The summed E-state index contributed by atoms with van der Waals surface area (Å²) >= 11 is 8.03. The van der Waals surface area contributed by atoms with Crippen molar-refractivity contribution in [2.45, 2.75) is 12.8 Å². The summed E-state index contributed by atoms with van der Waals surface area (Å²) < 4.78 is 9.00. The minimum atomic E-state index is -0.761. The number of fused-ring (bicyclic) bond motifs is 1. The number of hydrogen-bond donors (Lipinski definition) is 1. The van der Waals surface area contributed by atoms with Crippen LogP contribution in [0.25, 0.3) is 17.5 Å². The van der Waals surface area contributed by atoms with Crippen LogP contribution in [0.2, 0.25) is 0 Å². The van der Waals surface area contributed by atoms with E-state index < -0.39 is 17.4 Å². The molecule has 1 atom stereocenters. The summed E-state index contributed by atoms with van der Waals surface area (Å²) in [4.78, 5) is 26.5. The molecule has 1 unspecified atom stereocenters. The molecule has 2 N–H and O–H groups in total. The number of hydrogen-bond acceptors (Lipinski definition) is 6. The van der Waals surface area contributed by atoms with Gasteiger partial charge in [-0.1, -0.05) is 56.1 Å². The fourth-order valence-corrected chi connectivity index (χ4v) is 5.72. The third-order valence-corrected chi connectivity index (χ3v) is 7.19. The molecule has 1 aromatic heterocycles. The number of nitrogens with zero attached hydrogens (tertiary/aromatic N) is 2. The number of esters is 1. The average Bonchev–Trinajstić information content (AvgIpc) is 3.09. The first-order valence-electron chi connectivity index (χ1n) is 9.91. The third-order valence-electron chi connectivity index (χ3n) is 5.09. The molecule has 0 fully saturated rings. The van der Waals surface area contributed by atoms with Crippen molar-refractivity contribution >= 4 is 66.6 Å². The lowest BCUT2D eigenvalue weighted by Crippen LogP contribution is -2.40. The van der Waals surface area contributed by atoms with Crippen molar-refractivity contribution in [1.82, 2.24) is 4.57 Å². The molecule has 1 aliphatic rings. The summed E-state index contributed by atoms with van der Waals surface area (Å²) in [6.07, 6.45) is 1.74. The maximum atomic E-state index is 13.3. The zero-order valence-corrected chi connectivity index (χ0v) is 21.3. The second-order valence-electron chi connectivity index (χ2n) is 7.14. The predicted molar refractivity (Wildman–Crippen MR) is 135 cm³/mol. The molecule has 2 aromatic carbocycles. The highest BCUT2D eigenvalue weighted by molar-refractivity contribution is 9.10.